The lowest BCUT2D eigenvalue weighted by Crippen LogP contribution is -1.96. The molecule has 2 aromatic rings. The lowest BCUT2D eigenvalue weighted by atomic mass is 10.3. The smallest absolute Gasteiger partial charge is 0.264 e. The summed E-state index contributed by atoms with van der Waals surface area (Å²) in [6, 6.07) is 7.18. The number of aromatic nitrogens is 2. The van der Waals surface area contributed by atoms with E-state index in [-0.39, 0.29) is 6.61 Å². The first-order valence-electron chi connectivity index (χ1n) is 5.57. The van der Waals surface area contributed by atoms with Gasteiger partial charge in [-0.1, -0.05) is 12.1 Å². The van der Waals surface area contributed by atoms with Gasteiger partial charge in [-0.2, -0.15) is 4.98 Å². The van der Waals surface area contributed by atoms with Crippen molar-refractivity contribution in [3.8, 4) is 5.75 Å². The second kappa shape index (κ2) is 5.34. The van der Waals surface area contributed by atoms with Crippen LogP contribution >= 0.6 is 0 Å². The highest BCUT2D eigenvalue weighted by molar-refractivity contribution is 5.41. The lowest BCUT2D eigenvalue weighted by Gasteiger charge is -2.02. The Labute approximate surface area is 99.6 Å². The fourth-order valence-electron chi connectivity index (χ4n) is 1.38. The summed E-state index contributed by atoms with van der Waals surface area (Å²) in [4.78, 5) is 4.21. The molecule has 5 heteroatoms. The first kappa shape index (κ1) is 11.4. The van der Waals surface area contributed by atoms with Crippen molar-refractivity contribution in [3.63, 3.8) is 0 Å². The molecule has 1 aromatic heterocycles. The summed E-state index contributed by atoms with van der Waals surface area (Å²) in [6.07, 6.45) is 1.82. The van der Waals surface area contributed by atoms with Crippen molar-refractivity contribution in [2.24, 2.45) is 0 Å². The Balaban J connectivity index is 1.90. The fourth-order valence-corrected chi connectivity index (χ4v) is 1.38. The number of benzene rings is 1. The summed E-state index contributed by atoms with van der Waals surface area (Å²) in [5, 5.41) is 3.85. The van der Waals surface area contributed by atoms with Gasteiger partial charge in [0.2, 0.25) is 0 Å². The molecule has 0 radical (unpaired) electrons. The SMILES string of the molecule is CCCc1noc(COc2ccc(N)cc2)n1. The molecule has 0 bridgehead atoms. The molecule has 0 saturated heterocycles. The summed E-state index contributed by atoms with van der Waals surface area (Å²) < 4.78 is 10.5. The Morgan fingerprint density at radius 3 is 2.76 bits per heavy atom. The number of nitrogens with two attached hydrogens (primary N) is 1. The molecule has 0 saturated carbocycles. The lowest BCUT2D eigenvalue weighted by molar-refractivity contribution is 0.242. The summed E-state index contributed by atoms with van der Waals surface area (Å²) in [6.45, 7) is 2.35. The van der Waals surface area contributed by atoms with Gasteiger partial charge in [0.25, 0.3) is 5.89 Å². The van der Waals surface area contributed by atoms with Crippen molar-refractivity contribution < 1.29 is 9.26 Å². The molecule has 17 heavy (non-hydrogen) atoms. The van der Waals surface area contributed by atoms with Crippen LogP contribution in [0.1, 0.15) is 25.1 Å². The second-order valence-corrected chi connectivity index (χ2v) is 3.71. The average Bonchev–Trinajstić information content (AvgIpc) is 2.77. The van der Waals surface area contributed by atoms with Crippen LogP contribution in [0.2, 0.25) is 0 Å². The van der Waals surface area contributed by atoms with Crippen LogP contribution < -0.4 is 10.5 Å². The highest BCUT2D eigenvalue weighted by atomic mass is 16.5. The normalized spacial score (nSPS) is 10.4. The first-order chi connectivity index (χ1) is 8.28. The number of hydrogen-bond donors (Lipinski definition) is 1. The van der Waals surface area contributed by atoms with Crippen molar-refractivity contribution in [3.05, 3.63) is 36.0 Å². The molecule has 2 rings (SSSR count). The van der Waals surface area contributed by atoms with Gasteiger partial charge in [0.05, 0.1) is 0 Å². The topological polar surface area (TPSA) is 74.2 Å². The van der Waals surface area contributed by atoms with Gasteiger partial charge in [-0.05, 0) is 30.7 Å². The third kappa shape index (κ3) is 3.21. The van der Waals surface area contributed by atoms with Crippen molar-refractivity contribution in [2.45, 2.75) is 26.4 Å². The molecule has 0 aliphatic heterocycles. The zero-order chi connectivity index (χ0) is 12.1. The van der Waals surface area contributed by atoms with E-state index < -0.39 is 0 Å². The third-order valence-electron chi connectivity index (χ3n) is 2.23. The van der Waals surface area contributed by atoms with E-state index in [0.29, 0.717) is 11.6 Å². The maximum atomic E-state index is 5.57. The van der Waals surface area contributed by atoms with Crippen LogP contribution in [0.4, 0.5) is 5.69 Å². The number of hydrogen-bond acceptors (Lipinski definition) is 5. The minimum atomic E-state index is 0.278. The number of aryl methyl sites for hydroxylation is 1. The van der Waals surface area contributed by atoms with Crippen LogP contribution in [0.25, 0.3) is 0 Å². The maximum absolute atomic E-state index is 5.57. The van der Waals surface area contributed by atoms with Crippen LogP contribution in [-0.2, 0) is 13.0 Å². The highest BCUT2D eigenvalue weighted by Crippen LogP contribution is 2.14. The largest absolute Gasteiger partial charge is 0.484 e. The predicted octanol–water partition coefficient (Wildman–Crippen LogP) is 2.18. The molecule has 0 spiro atoms. The Morgan fingerprint density at radius 1 is 1.29 bits per heavy atom. The number of nitrogens with zero attached hydrogens (tertiary/aromatic N) is 2. The van der Waals surface area contributed by atoms with E-state index >= 15 is 0 Å². The molecule has 5 nitrogen and oxygen atoms in total. The molecule has 2 N–H and O–H groups in total. The summed E-state index contributed by atoms with van der Waals surface area (Å²) in [7, 11) is 0. The van der Waals surface area contributed by atoms with E-state index in [9.17, 15) is 0 Å². The van der Waals surface area contributed by atoms with Gasteiger partial charge in [0.15, 0.2) is 12.4 Å². The molecule has 1 heterocycles. The zero-order valence-electron chi connectivity index (χ0n) is 9.72. The molecule has 0 amide bonds. The molecule has 90 valence electrons. The predicted molar refractivity (Wildman–Crippen MR) is 63.5 cm³/mol. The Kier molecular flexibility index (Phi) is 3.59. The Bertz CT molecular complexity index is 465. The van der Waals surface area contributed by atoms with Crippen LogP contribution in [0, 0.1) is 0 Å². The van der Waals surface area contributed by atoms with Crippen molar-refractivity contribution >= 4 is 5.69 Å². The van der Waals surface area contributed by atoms with E-state index in [1.54, 1.807) is 24.3 Å². The molecule has 1 aromatic carbocycles. The van der Waals surface area contributed by atoms with Gasteiger partial charge in [0.1, 0.15) is 5.75 Å². The molecule has 0 fully saturated rings. The Morgan fingerprint density at radius 2 is 2.06 bits per heavy atom. The second-order valence-electron chi connectivity index (χ2n) is 3.71. The zero-order valence-corrected chi connectivity index (χ0v) is 9.72. The van der Waals surface area contributed by atoms with Crippen molar-refractivity contribution in [1.82, 2.24) is 10.1 Å². The fraction of sp³-hybridized carbons (Fsp3) is 0.333. The van der Waals surface area contributed by atoms with Gasteiger partial charge in [-0.3, -0.25) is 0 Å². The number of anilines is 1. The summed E-state index contributed by atoms with van der Waals surface area (Å²) >= 11 is 0. The van der Waals surface area contributed by atoms with Crippen molar-refractivity contribution in [2.75, 3.05) is 5.73 Å². The summed E-state index contributed by atoms with van der Waals surface area (Å²) in [5.41, 5.74) is 6.28. The van der Waals surface area contributed by atoms with Crippen molar-refractivity contribution in [1.29, 1.82) is 0 Å². The van der Waals surface area contributed by atoms with Crippen LogP contribution in [-0.4, -0.2) is 10.1 Å². The van der Waals surface area contributed by atoms with Gasteiger partial charge < -0.3 is 15.0 Å². The van der Waals surface area contributed by atoms with E-state index in [0.717, 1.165) is 24.4 Å². The number of nitrogen functional groups attached to an aromatic ring is 1. The van der Waals surface area contributed by atoms with Gasteiger partial charge in [0, 0.05) is 12.1 Å². The van der Waals surface area contributed by atoms with Gasteiger partial charge >= 0.3 is 0 Å². The minimum absolute atomic E-state index is 0.278. The van der Waals surface area contributed by atoms with E-state index in [1.807, 2.05) is 0 Å². The quantitative estimate of drug-likeness (QED) is 0.801. The molecule has 0 unspecified atom stereocenters. The third-order valence-corrected chi connectivity index (χ3v) is 2.23. The van der Waals surface area contributed by atoms with Gasteiger partial charge in [-0.15, -0.1) is 0 Å². The molecule has 0 aliphatic rings. The maximum Gasteiger partial charge on any atom is 0.264 e. The average molecular weight is 233 g/mol. The van der Waals surface area contributed by atoms with E-state index in [4.69, 9.17) is 15.0 Å². The molecule has 0 atom stereocenters. The molecule has 0 aliphatic carbocycles. The standard InChI is InChI=1S/C12H15N3O2/c1-2-3-11-14-12(17-15-11)8-16-10-6-4-9(13)5-7-10/h4-7H,2-3,8,13H2,1H3. The molecular weight excluding hydrogens is 218 g/mol. The number of rotatable bonds is 5. The highest BCUT2D eigenvalue weighted by Gasteiger charge is 2.05. The minimum Gasteiger partial charge on any atom is -0.484 e. The van der Waals surface area contributed by atoms with E-state index in [2.05, 4.69) is 17.1 Å². The number of ether oxygens (including phenoxy) is 1. The van der Waals surface area contributed by atoms with E-state index in [1.165, 1.54) is 0 Å². The summed E-state index contributed by atoms with van der Waals surface area (Å²) in [5.74, 6) is 1.95. The van der Waals surface area contributed by atoms with Crippen LogP contribution in [0.5, 0.6) is 5.75 Å². The van der Waals surface area contributed by atoms with Crippen LogP contribution in [0.15, 0.2) is 28.8 Å². The Hall–Kier alpha value is -2.04. The first-order valence-corrected chi connectivity index (χ1v) is 5.57. The monoisotopic (exact) mass is 233 g/mol. The molecular formula is C12H15N3O2. The van der Waals surface area contributed by atoms with Gasteiger partial charge in [-0.25, -0.2) is 0 Å². The van der Waals surface area contributed by atoms with Crippen LogP contribution in [0.3, 0.4) is 0 Å².